The second-order valence-electron chi connectivity index (χ2n) is 6.70. The Morgan fingerprint density at radius 1 is 1.36 bits per heavy atom. The largest absolute Gasteiger partial charge is 0.454 e. The zero-order chi connectivity index (χ0) is 17.2. The number of fused-ring (bicyclic) bond motifs is 2. The van der Waals surface area contributed by atoms with E-state index < -0.39 is 0 Å². The molecule has 2 fully saturated rings. The summed E-state index contributed by atoms with van der Waals surface area (Å²) < 4.78 is 21.8. The van der Waals surface area contributed by atoms with Gasteiger partial charge in [0, 0.05) is 39.2 Å². The average Bonchev–Trinajstić information content (AvgIpc) is 3.31. The first-order valence-electron chi connectivity index (χ1n) is 8.79. The molecule has 3 aliphatic rings. The van der Waals surface area contributed by atoms with Gasteiger partial charge in [0.15, 0.2) is 11.5 Å². The highest BCUT2D eigenvalue weighted by atomic mass is 16.7. The van der Waals surface area contributed by atoms with Crippen molar-refractivity contribution in [1.29, 1.82) is 0 Å². The summed E-state index contributed by atoms with van der Waals surface area (Å²) in [6.45, 7) is 3.15. The molecule has 0 bridgehead atoms. The Kier molecular flexibility index (Phi) is 4.78. The van der Waals surface area contributed by atoms with Gasteiger partial charge in [-0.25, -0.2) is 0 Å². The van der Waals surface area contributed by atoms with Gasteiger partial charge >= 0.3 is 0 Å². The number of nitrogens with zero attached hydrogens (tertiary/aromatic N) is 1. The van der Waals surface area contributed by atoms with E-state index in [0.717, 1.165) is 37.4 Å². The van der Waals surface area contributed by atoms with Crippen LogP contribution in [0.25, 0.3) is 0 Å². The van der Waals surface area contributed by atoms with E-state index in [1.807, 2.05) is 12.1 Å². The minimum absolute atomic E-state index is 0.0329. The summed E-state index contributed by atoms with van der Waals surface area (Å²) in [6.07, 6.45) is 1.50. The highest BCUT2D eigenvalue weighted by Gasteiger charge is 2.45. The minimum atomic E-state index is -0.355. The van der Waals surface area contributed by atoms with Gasteiger partial charge in [-0.15, -0.1) is 0 Å². The molecule has 1 aromatic carbocycles. The normalized spacial score (nSPS) is 27.5. The van der Waals surface area contributed by atoms with E-state index in [1.165, 1.54) is 5.56 Å². The van der Waals surface area contributed by atoms with Crippen molar-refractivity contribution in [1.82, 2.24) is 10.2 Å². The number of methoxy groups -OCH3 is 1. The third kappa shape index (κ3) is 3.44. The van der Waals surface area contributed by atoms with Gasteiger partial charge in [-0.05, 0) is 24.1 Å². The molecular weight excluding hydrogens is 324 g/mol. The van der Waals surface area contributed by atoms with E-state index in [2.05, 4.69) is 16.3 Å². The van der Waals surface area contributed by atoms with Gasteiger partial charge in [0.25, 0.3) is 0 Å². The Hall–Kier alpha value is -1.83. The number of hydrogen-bond acceptors (Lipinski definition) is 6. The van der Waals surface area contributed by atoms with Gasteiger partial charge in [-0.1, -0.05) is 6.07 Å². The van der Waals surface area contributed by atoms with Crippen LogP contribution in [0, 0.1) is 0 Å². The van der Waals surface area contributed by atoms with Gasteiger partial charge in [-0.3, -0.25) is 9.69 Å². The zero-order valence-electron chi connectivity index (χ0n) is 14.4. The second-order valence-corrected chi connectivity index (χ2v) is 6.70. The lowest BCUT2D eigenvalue weighted by molar-refractivity contribution is -0.132. The molecule has 3 aliphatic heterocycles. The number of hydrogen-bond donors (Lipinski definition) is 1. The molecular formula is C18H24N2O5. The standard InChI is InChI=1S/C18H24N2O5/c1-22-7-5-19-18(21)17-9-13-14(25-17)4-6-20(13)10-12-2-3-15-16(8-12)24-11-23-15/h2-3,8,13-14,17H,4-7,9-11H2,1H3,(H,19,21)/t13-,14-,17+/m1/s1. The topological polar surface area (TPSA) is 69.3 Å². The fourth-order valence-corrected chi connectivity index (χ4v) is 3.86. The third-order valence-electron chi connectivity index (χ3n) is 5.11. The Bertz CT molecular complexity index is 638. The first kappa shape index (κ1) is 16.6. The van der Waals surface area contributed by atoms with E-state index in [4.69, 9.17) is 18.9 Å². The molecule has 3 atom stereocenters. The lowest BCUT2D eigenvalue weighted by atomic mass is 10.1. The molecule has 2 saturated heterocycles. The summed E-state index contributed by atoms with van der Waals surface area (Å²) in [7, 11) is 1.62. The summed E-state index contributed by atoms with van der Waals surface area (Å²) >= 11 is 0. The van der Waals surface area contributed by atoms with Crippen molar-refractivity contribution in [3.8, 4) is 11.5 Å². The molecule has 7 nitrogen and oxygen atoms in total. The molecule has 1 N–H and O–H groups in total. The molecule has 0 saturated carbocycles. The van der Waals surface area contributed by atoms with Crippen LogP contribution < -0.4 is 14.8 Å². The summed E-state index contributed by atoms with van der Waals surface area (Å²) in [5.41, 5.74) is 1.19. The van der Waals surface area contributed by atoms with Crippen molar-refractivity contribution in [3.05, 3.63) is 23.8 Å². The number of rotatable bonds is 6. The Balaban J connectivity index is 1.35. The van der Waals surface area contributed by atoms with Crippen molar-refractivity contribution in [2.24, 2.45) is 0 Å². The van der Waals surface area contributed by atoms with Crippen LogP contribution in [0.2, 0.25) is 0 Å². The number of carbonyl (C=O) groups is 1. The Labute approximate surface area is 147 Å². The fourth-order valence-electron chi connectivity index (χ4n) is 3.86. The third-order valence-corrected chi connectivity index (χ3v) is 5.11. The smallest absolute Gasteiger partial charge is 0.249 e. The zero-order valence-corrected chi connectivity index (χ0v) is 14.4. The van der Waals surface area contributed by atoms with E-state index in [-0.39, 0.29) is 18.1 Å². The maximum atomic E-state index is 12.2. The van der Waals surface area contributed by atoms with Gasteiger partial charge in [0.05, 0.1) is 12.7 Å². The SMILES string of the molecule is COCCNC(=O)[C@@H]1C[C@@H]2[C@@H](CCN2Cc2ccc3c(c2)OCO3)O1. The molecule has 3 heterocycles. The number of nitrogens with one attached hydrogen (secondary N) is 1. The van der Waals surface area contributed by atoms with Gasteiger partial charge < -0.3 is 24.3 Å². The molecule has 0 radical (unpaired) electrons. The predicted molar refractivity (Wildman–Crippen MR) is 89.5 cm³/mol. The van der Waals surface area contributed by atoms with Crippen LogP contribution in [0.15, 0.2) is 18.2 Å². The van der Waals surface area contributed by atoms with Gasteiger partial charge in [-0.2, -0.15) is 0 Å². The van der Waals surface area contributed by atoms with Gasteiger partial charge in [0.2, 0.25) is 12.7 Å². The predicted octanol–water partition coefficient (Wildman–Crippen LogP) is 0.910. The molecule has 7 heteroatoms. The van der Waals surface area contributed by atoms with Crippen LogP contribution in [0.1, 0.15) is 18.4 Å². The summed E-state index contributed by atoms with van der Waals surface area (Å²) in [4.78, 5) is 14.6. The molecule has 0 aliphatic carbocycles. The summed E-state index contributed by atoms with van der Waals surface area (Å²) in [5.74, 6) is 1.58. The van der Waals surface area contributed by atoms with E-state index in [9.17, 15) is 4.79 Å². The molecule has 1 aromatic rings. The van der Waals surface area contributed by atoms with Crippen LogP contribution in [-0.2, 0) is 20.8 Å². The fraction of sp³-hybridized carbons (Fsp3) is 0.611. The molecule has 25 heavy (non-hydrogen) atoms. The Morgan fingerprint density at radius 2 is 2.24 bits per heavy atom. The molecule has 0 aromatic heterocycles. The molecule has 0 unspecified atom stereocenters. The van der Waals surface area contributed by atoms with Crippen LogP contribution >= 0.6 is 0 Å². The van der Waals surface area contributed by atoms with Crippen LogP contribution in [-0.4, -0.2) is 62.7 Å². The molecule has 0 spiro atoms. The maximum Gasteiger partial charge on any atom is 0.249 e. The highest BCUT2D eigenvalue weighted by molar-refractivity contribution is 5.81. The number of carbonyl (C=O) groups excluding carboxylic acids is 1. The van der Waals surface area contributed by atoms with Gasteiger partial charge in [0.1, 0.15) is 6.10 Å². The molecule has 136 valence electrons. The lowest BCUT2D eigenvalue weighted by Gasteiger charge is -2.22. The molecule has 4 rings (SSSR count). The lowest BCUT2D eigenvalue weighted by Crippen LogP contribution is -2.37. The van der Waals surface area contributed by atoms with Crippen molar-refractivity contribution >= 4 is 5.91 Å². The monoisotopic (exact) mass is 348 g/mol. The quantitative estimate of drug-likeness (QED) is 0.771. The number of benzene rings is 1. The number of amides is 1. The first-order chi connectivity index (χ1) is 12.2. The number of likely N-dealkylation sites (tertiary alicyclic amines) is 1. The highest BCUT2D eigenvalue weighted by Crippen LogP contribution is 2.36. The van der Waals surface area contributed by atoms with Crippen molar-refractivity contribution in [2.45, 2.75) is 37.6 Å². The van der Waals surface area contributed by atoms with E-state index >= 15 is 0 Å². The van der Waals surface area contributed by atoms with Crippen molar-refractivity contribution in [2.75, 3.05) is 33.6 Å². The summed E-state index contributed by atoms with van der Waals surface area (Å²) in [5, 5.41) is 2.87. The van der Waals surface area contributed by atoms with Crippen molar-refractivity contribution < 1.29 is 23.7 Å². The Morgan fingerprint density at radius 3 is 3.12 bits per heavy atom. The van der Waals surface area contributed by atoms with Crippen molar-refractivity contribution in [3.63, 3.8) is 0 Å². The second kappa shape index (κ2) is 7.19. The van der Waals surface area contributed by atoms with E-state index in [0.29, 0.717) is 26.0 Å². The van der Waals surface area contributed by atoms with Crippen LogP contribution in [0.4, 0.5) is 0 Å². The minimum Gasteiger partial charge on any atom is -0.454 e. The van der Waals surface area contributed by atoms with E-state index in [1.54, 1.807) is 7.11 Å². The van der Waals surface area contributed by atoms with Crippen LogP contribution in [0.5, 0.6) is 11.5 Å². The summed E-state index contributed by atoms with van der Waals surface area (Å²) in [6, 6.07) is 6.37. The first-order valence-corrected chi connectivity index (χ1v) is 8.79. The average molecular weight is 348 g/mol. The number of ether oxygens (including phenoxy) is 4. The maximum absolute atomic E-state index is 12.2. The molecule has 1 amide bonds. The van der Waals surface area contributed by atoms with Crippen LogP contribution in [0.3, 0.4) is 0 Å².